The van der Waals surface area contributed by atoms with Crippen molar-refractivity contribution < 1.29 is 19.1 Å². The number of carbonyl (C=O) groups excluding carboxylic acids is 2. The molecule has 0 aliphatic carbocycles. The van der Waals surface area contributed by atoms with Crippen molar-refractivity contribution in [3.63, 3.8) is 0 Å². The van der Waals surface area contributed by atoms with Crippen LogP contribution in [-0.2, 0) is 9.59 Å². The standard InChI is InChI=1S/C22H23BrN2O4S/c1-28-17-5-3-4-16(12-17)25-13-15(11-20(25)26)21(27)24-8-9-30-22(24)14-6-7-19(29-2)18(23)10-14/h3-7,10,12,15,22H,8-9,11,13H2,1-2H3. The maximum atomic E-state index is 13.4. The van der Waals surface area contributed by atoms with Gasteiger partial charge < -0.3 is 19.3 Å². The van der Waals surface area contributed by atoms with Crippen LogP contribution in [0.5, 0.6) is 11.5 Å². The first kappa shape index (κ1) is 21.1. The van der Waals surface area contributed by atoms with Crippen molar-refractivity contribution in [2.45, 2.75) is 11.8 Å². The highest BCUT2D eigenvalue weighted by Crippen LogP contribution is 2.42. The first-order valence-corrected chi connectivity index (χ1v) is 11.6. The van der Waals surface area contributed by atoms with Gasteiger partial charge in [0.2, 0.25) is 11.8 Å². The Balaban J connectivity index is 1.51. The fraction of sp³-hybridized carbons (Fsp3) is 0.364. The number of rotatable bonds is 5. The van der Waals surface area contributed by atoms with Crippen LogP contribution in [0.3, 0.4) is 0 Å². The molecule has 30 heavy (non-hydrogen) atoms. The van der Waals surface area contributed by atoms with Gasteiger partial charge in [-0.3, -0.25) is 9.59 Å². The summed E-state index contributed by atoms with van der Waals surface area (Å²) in [6.07, 6.45) is 0.232. The van der Waals surface area contributed by atoms with Crippen molar-refractivity contribution in [2.75, 3.05) is 38.0 Å². The minimum absolute atomic E-state index is 0.0304. The minimum atomic E-state index is -0.341. The molecule has 0 spiro atoms. The molecule has 2 aromatic rings. The molecule has 2 aliphatic heterocycles. The lowest BCUT2D eigenvalue weighted by Crippen LogP contribution is -2.37. The number of methoxy groups -OCH3 is 2. The predicted molar refractivity (Wildman–Crippen MR) is 121 cm³/mol. The molecule has 0 N–H and O–H groups in total. The lowest BCUT2D eigenvalue weighted by Gasteiger charge is -2.27. The number of halogens is 1. The lowest BCUT2D eigenvalue weighted by atomic mass is 10.1. The number of amides is 2. The SMILES string of the molecule is COc1cccc(N2CC(C(=O)N3CCSC3c3ccc(OC)c(Br)c3)CC2=O)c1. The van der Waals surface area contributed by atoms with Crippen LogP contribution in [0.15, 0.2) is 46.9 Å². The Bertz CT molecular complexity index is 970. The summed E-state index contributed by atoms with van der Waals surface area (Å²) in [4.78, 5) is 29.6. The molecule has 0 radical (unpaired) electrons. The van der Waals surface area contributed by atoms with Gasteiger partial charge in [0.15, 0.2) is 0 Å². The van der Waals surface area contributed by atoms with Crippen LogP contribution in [0.1, 0.15) is 17.4 Å². The summed E-state index contributed by atoms with van der Waals surface area (Å²) in [5.74, 6) is 1.99. The maximum Gasteiger partial charge on any atom is 0.229 e. The highest BCUT2D eigenvalue weighted by Gasteiger charge is 2.41. The van der Waals surface area contributed by atoms with E-state index in [9.17, 15) is 9.59 Å². The molecule has 158 valence electrons. The number of benzene rings is 2. The first-order chi connectivity index (χ1) is 14.5. The Morgan fingerprint density at radius 1 is 1.17 bits per heavy atom. The van der Waals surface area contributed by atoms with E-state index in [2.05, 4.69) is 15.9 Å². The van der Waals surface area contributed by atoms with Crippen LogP contribution in [0, 0.1) is 5.92 Å². The average Bonchev–Trinajstić information content (AvgIpc) is 3.40. The van der Waals surface area contributed by atoms with Gasteiger partial charge >= 0.3 is 0 Å². The van der Waals surface area contributed by atoms with Crippen molar-refractivity contribution in [3.05, 3.63) is 52.5 Å². The number of carbonyl (C=O) groups is 2. The summed E-state index contributed by atoms with van der Waals surface area (Å²) < 4.78 is 11.4. The van der Waals surface area contributed by atoms with Gasteiger partial charge in [0.25, 0.3) is 0 Å². The first-order valence-electron chi connectivity index (χ1n) is 9.71. The van der Waals surface area contributed by atoms with Gasteiger partial charge in [-0.1, -0.05) is 12.1 Å². The third kappa shape index (κ3) is 4.03. The molecule has 4 rings (SSSR count). The van der Waals surface area contributed by atoms with Gasteiger partial charge in [-0.2, -0.15) is 0 Å². The quantitative estimate of drug-likeness (QED) is 0.631. The van der Waals surface area contributed by atoms with Crippen LogP contribution in [0.4, 0.5) is 5.69 Å². The molecule has 2 aliphatic rings. The van der Waals surface area contributed by atoms with E-state index in [4.69, 9.17) is 9.47 Å². The largest absolute Gasteiger partial charge is 0.497 e. The zero-order valence-electron chi connectivity index (χ0n) is 16.8. The van der Waals surface area contributed by atoms with Gasteiger partial charge in [0.1, 0.15) is 16.9 Å². The van der Waals surface area contributed by atoms with Gasteiger partial charge in [0.05, 0.1) is 24.6 Å². The molecular formula is C22H23BrN2O4S. The van der Waals surface area contributed by atoms with Crippen LogP contribution in [0.2, 0.25) is 0 Å². The van der Waals surface area contributed by atoms with E-state index in [0.717, 1.165) is 27.2 Å². The van der Waals surface area contributed by atoms with E-state index in [-0.39, 0.29) is 29.5 Å². The number of hydrogen-bond acceptors (Lipinski definition) is 5. The molecule has 2 unspecified atom stereocenters. The van der Waals surface area contributed by atoms with Gasteiger partial charge in [-0.05, 0) is 45.8 Å². The zero-order chi connectivity index (χ0) is 21.3. The fourth-order valence-corrected chi connectivity index (χ4v) is 5.76. The summed E-state index contributed by atoms with van der Waals surface area (Å²) in [6.45, 7) is 1.08. The van der Waals surface area contributed by atoms with Crippen LogP contribution < -0.4 is 14.4 Å². The van der Waals surface area contributed by atoms with Crippen molar-refractivity contribution in [2.24, 2.45) is 5.92 Å². The Hall–Kier alpha value is -2.19. The second kappa shape index (κ2) is 8.89. The molecule has 6 nitrogen and oxygen atoms in total. The average molecular weight is 491 g/mol. The van der Waals surface area contributed by atoms with Gasteiger partial charge in [-0.15, -0.1) is 11.8 Å². The van der Waals surface area contributed by atoms with E-state index in [1.807, 2.05) is 47.4 Å². The molecular weight excluding hydrogens is 468 g/mol. The van der Waals surface area contributed by atoms with Crippen molar-refractivity contribution in [1.82, 2.24) is 4.90 Å². The summed E-state index contributed by atoms with van der Waals surface area (Å²) in [5, 5.41) is -0.0549. The van der Waals surface area contributed by atoms with Crippen molar-refractivity contribution >= 4 is 45.2 Å². The minimum Gasteiger partial charge on any atom is -0.497 e. The molecule has 2 fully saturated rings. The third-order valence-electron chi connectivity index (χ3n) is 5.47. The van der Waals surface area contributed by atoms with Crippen LogP contribution in [0.25, 0.3) is 0 Å². The third-order valence-corrected chi connectivity index (χ3v) is 7.35. The summed E-state index contributed by atoms with van der Waals surface area (Å²) in [6, 6.07) is 13.3. The number of nitrogens with zero attached hydrogens (tertiary/aromatic N) is 2. The number of hydrogen-bond donors (Lipinski definition) is 0. The molecule has 2 heterocycles. The fourth-order valence-electron chi connectivity index (χ4n) is 3.94. The summed E-state index contributed by atoms with van der Waals surface area (Å²) >= 11 is 5.28. The van der Waals surface area contributed by atoms with E-state index >= 15 is 0 Å². The number of thioether (sulfide) groups is 1. The van der Waals surface area contributed by atoms with Gasteiger partial charge in [-0.25, -0.2) is 0 Å². The molecule has 2 atom stereocenters. The number of ether oxygens (including phenoxy) is 2. The normalized spacial score (nSPS) is 21.2. The highest BCUT2D eigenvalue weighted by atomic mass is 79.9. The predicted octanol–water partition coefficient (Wildman–Crippen LogP) is 4.09. The molecule has 0 saturated carbocycles. The van der Waals surface area contributed by atoms with Crippen LogP contribution in [-0.4, -0.2) is 49.8 Å². The Morgan fingerprint density at radius 2 is 2.00 bits per heavy atom. The second-order valence-corrected chi connectivity index (χ2v) is 9.30. The maximum absolute atomic E-state index is 13.4. The van der Waals surface area contributed by atoms with E-state index in [0.29, 0.717) is 18.8 Å². The molecule has 0 bridgehead atoms. The van der Waals surface area contributed by atoms with E-state index in [1.165, 1.54) is 0 Å². The molecule has 0 aromatic heterocycles. The second-order valence-electron chi connectivity index (χ2n) is 7.26. The van der Waals surface area contributed by atoms with Crippen molar-refractivity contribution in [3.8, 4) is 11.5 Å². The molecule has 2 amide bonds. The lowest BCUT2D eigenvalue weighted by molar-refractivity contribution is -0.136. The summed E-state index contributed by atoms with van der Waals surface area (Å²) in [7, 11) is 3.23. The molecule has 2 aromatic carbocycles. The Labute approximate surface area is 188 Å². The van der Waals surface area contributed by atoms with Crippen molar-refractivity contribution in [1.29, 1.82) is 0 Å². The number of anilines is 1. The molecule has 8 heteroatoms. The Morgan fingerprint density at radius 3 is 2.73 bits per heavy atom. The smallest absolute Gasteiger partial charge is 0.229 e. The van der Waals surface area contributed by atoms with E-state index in [1.54, 1.807) is 30.9 Å². The van der Waals surface area contributed by atoms with Crippen LogP contribution >= 0.6 is 27.7 Å². The van der Waals surface area contributed by atoms with E-state index < -0.39 is 0 Å². The Kier molecular flexibility index (Phi) is 6.24. The molecule has 2 saturated heterocycles. The highest BCUT2D eigenvalue weighted by molar-refractivity contribution is 9.10. The summed E-state index contributed by atoms with van der Waals surface area (Å²) in [5.41, 5.74) is 1.81. The topological polar surface area (TPSA) is 59.1 Å². The monoisotopic (exact) mass is 490 g/mol. The van der Waals surface area contributed by atoms with Gasteiger partial charge in [0, 0.05) is 37.0 Å². The zero-order valence-corrected chi connectivity index (χ0v) is 19.2.